The second kappa shape index (κ2) is 10.4. The SMILES string of the molecule is CSCC[C@H](N)C(=O)Nc1ccnc(C)c1.Cl.Cl. The maximum absolute atomic E-state index is 11.7. The van der Waals surface area contributed by atoms with E-state index in [1.54, 1.807) is 24.0 Å². The summed E-state index contributed by atoms with van der Waals surface area (Å²) in [4.78, 5) is 15.7. The Kier molecular flexibility index (Phi) is 11.5. The molecular weight excluding hydrogens is 293 g/mol. The Morgan fingerprint density at radius 2 is 2.22 bits per heavy atom. The Balaban J connectivity index is 0. The Hall–Kier alpha value is -0.490. The van der Waals surface area contributed by atoms with Crippen molar-refractivity contribution in [2.45, 2.75) is 19.4 Å². The van der Waals surface area contributed by atoms with Gasteiger partial charge in [0.1, 0.15) is 0 Å². The van der Waals surface area contributed by atoms with Gasteiger partial charge < -0.3 is 11.1 Å². The van der Waals surface area contributed by atoms with Crippen molar-refractivity contribution in [1.29, 1.82) is 0 Å². The number of nitrogens with two attached hydrogens (primary N) is 1. The Bertz CT molecular complexity index is 366. The van der Waals surface area contributed by atoms with Crippen LogP contribution in [0, 0.1) is 6.92 Å². The van der Waals surface area contributed by atoms with Crippen LogP contribution in [0.1, 0.15) is 12.1 Å². The first kappa shape index (κ1) is 19.8. The smallest absolute Gasteiger partial charge is 0.241 e. The number of pyridine rings is 1. The molecular formula is C11H19Cl2N3OS. The molecule has 104 valence electrons. The number of hydrogen-bond donors (Lipinski definition) is 2. The summed E-state index contributed by atoms with van der Waals surface area (Å²) in [6.07, 6.45) is 4.35. The van der Waals surface area contributed by atoms with Gasteiger partial charge in [0.05, 0.1) is 6.04 Å². The summed E-state index contributed by atoms with van der Waals surface area (Å²) in [7, 11) is 0. The second-order valence-electron chi connectivity index (χ2n) is 3.56. The van der Waals surface area contributed by atoms with Gasteiger partial charge in [-0.2, -0.15) is 11.8 Å². The molecule has 0 aliphatic rings. The van der Waals surface area contributed by atoms with Gasteiger partial charge in [0.2, 0.25) is 5.91 Å². The van der Waals surface area contributed by atoms with Crippen LogP contribution in [0.15, 0.2) is 18.3 Å². The minimum Gasteiger partial charge on any atom is -0.325 e. The van der Waals surface area contributed by atoms with Gasteiger partial charge in [0, 0.05) is 17.6 Å². The molecule has 0 aliphatic carbocycles. The monoisotopic (exact) mass is 311 g/mol. The van der Waals surface area contributed by atoms with Crippen molar-refractivity contribution in [1.82, 2.24) is 4.98 Å². The number of aryl methyl sites for hydroxylation is 1. The van der Waals surface area contributed by atoms with Crippen LogP contribution in [0.2, 0.25) is 0 Å². The molecule has 1 atom stereocenters. The summed E-state index contributed by atoms with van der Waals surface area (Å²) in [6.45, 7) is 1.88. The summed E-state index contributed by atoms with van der Waals surface area (Å²) < 4.78 is 0. The molecule has 0 saturated heterocycles. The van der Waals surface area contributed by atoms with Gasteiger partial charge in [-0.1, -0.05) is 0 Å². The Morgan fingerprint density at radius 3 is 2.78 bits per heavy atom. The first-order valence-corrected chi connectivity index (χ1v) is 6.51. The van der Waals surface area contributed by atoms with E-state index in [1.165, 1.54) is 0 Å². The number of nitrogens with one attached hydrogen (secondary N) is 1. The average molecular weight is 312 g/mol. The lowest BCUT2D eigenvalue weighted by molar-refractivity contribution is -0.117. The van der Waals surface area contributed by atoms with Crippen molar-refractivity contribution in [3.8, 4) is 0 Å². The van der Waals surface area contributed by atoms with Crippen molar-refractivity contribution in [2.24, 2.45) is 5.73 Å². The van der Waals surface area contributed by atoms with Crippen LogP contribution in [0.25, 0.3) is 0 Å². The molecule has 7 heteroatoms. The predicted octanol–water partition coefficient (Wildman–Crippen LogP) is 2.25. The van der Waals surface area contributed by atoms with Crippen molar-refractivity contribution >= 4 is 48.2 Å². The van der Waals surface area contributed by atoms with Crippen LogP contribution in [-0.4, -0.2) is 28.9 Å². The van der Waals surface area contributed by atoms with Gasteiger partial charge in [-0.05, 0) is 37.5 Å². The molecule has 1 aromatic rings. The number of rotatable bonds is 5. The quantitative estimate of drug-likeness (QED) is 0.875. The number of nitrogens with zero attached hydrogens (tertiary/aromatic N) is 1. The van der Waals surface area contributed by atoms with E-state index in [0.717, 1.165) is 17.1 Å². The van der Waals surface area contributed by atoms with Crippen LogP contribution >= 0.6 is 36.6 Å². The predicted molar refractivity (Wildman–Crippen MR) is 83.1 cm³/mol. The Morgan fingerprint density at radius 1 is 1.56 bits per heavy atom. The molecule has 0 aromatic carbocycles. The zero-order valence-corrected chi connectivity index (χ0v) is 12.8. The first-order chi connectivity index (χ1) is 7.63. The van der Waals surface area contributed by atoms with Crippen molar-refractivity contribution < 1.29 is 4.79 Å². The van der Waals surface area contributed by atoms with Crippen molar-refractivity contribution in [3.05, 3.63) is 24.0 Å². The summed E-state index contributed by atoms with van der Waals surface area (Å²) in [5.41, 5.74) is 7.37. The number of halogens is 2. The number of aromatic nitrogens is 1. The van der Waals surface area contributed by atoms with Crippen molar-refractivity contribution in [3.63, 3.8) is 0 Å². The molecule has 0 bridgehead atoms. The molecule has 0 fully saturated rings. The lowest BCUT2D eigenvalue weighted by Gasteiger charge is -2.11. The number of carbonyl (C=O) groups is 1. The van der Waals surface area contributed by atoms with E-state index in [-0.39, 0.29) is 30.7 Å². The first-order valence-electron chi connectivity index (χ1n) is 5.11. The third kappa shape index (κ3) is 7.06. The number of anilines is 1. The zero-order valence-electron chi connectivity index (χ0n) is 10.4. The van der Waals surface area contributed by atoms with E-state index in [4.69, 9.17) is 5.73 Å². The molecule has 1 amide bonds. The van der Waals surface area contributed by atoms with Crippen LogP contribution in [-0.2, 0) is 4.79 Å². The van der Waals surface area contributed by atoms with Gasteiger partial charge in [-0.25, -0.2) is 0 Å². The van der Waals surface area contributed by atoms with E-state index in [0.29, 0.717) is 6.42 Å². The highest BCUT2D eigenvalue weighted by Crippen LogP contribution is 2.08. The van der Waals surface area contributed by atoms with E-state index in [9.17, 15) is 4.79 Å². The summed E-state index contributed by atoms with van der Waals surface area (Å²) >= 11 is 1.69. The molecule has 0 aliphatic heterocycles. The standard InChI is InChI=1S/C11H17N3OS.2ClH/c1-8-7-9(3-5-13-8)14-11(15)10(12)4-6-16-2;;/h3,5,7,10H,4,6,12H2,1-2H3,(H,13,14,15);2*1H/t10-;;/m0../s1. The molecule has 18 heavy (non-hydrogen) atoms. The lowest BCUT2D eigenvalue weighted by atomic mass is 10.2. The van der Waals surface area contributed by atoms with Gasteiger partial charge >= 0.3 is 0 Å². The van der Waals surface area contributed by atoms with Crippen LogP contribution in [0.3, 0.4) is 0 Å². The molecule has 0 radical (unpaired) electrons. The highest BCUT2D eigenvalue weighted by molar-refractivity contribution is 7.98. The van der Waals surface area contributed by atoms with Crippen LogP contribution < -0.4 is 11.1 Å². The maximum Gasteiger partial charge on any atom is 0.241 e. The number of hydrogen-bond acceptors (Lipinski definition) is 4. The molecule has 1 rings (SSSR count). The highest BCUT2D eigenvalue weighted by atomic mass is 35.5. The Labute approximate surface area is 124 Å². The summed E-state index contributed by atoms with van der Waals surface area (Å²) in [6, 6.07) is 3.13. The molecule has 1 heterocycles. The fourth-order valence-electron chi connectivity index (χ4n) is 1.23. The van der Waals surface area contributed by atoms with Gasteiger partial charge in [-0.3, -0.25) is 9.78 Å². The number of carbonyl (C=O) groups excluding carboxylic acids is 1. The summed E-state index contributed by atoms with van der Waals surface area (Å²) in [5, 5.41) is 2.78. The molecule has 3 N–H and O–H groups in total. The minimum atomic E-state index is -0.444. The molecule has 4 nitrogen and oxygen atoms in total. The number of thioether (sulfide) groups is 1. The minimum absolute atomic E-state index is 0. The second-order valence-corrected chi connectivity index (χ2v) is 4.55. The molecule has 0 spiro atoms. The topological polar surface area (TPSA) is 68.0 Å². The van der Waals surface area contributed by atoms with Gasteiger partial charge in [0.25, 0.3) is 0 Å². The lowest BCUT2D eigenvalue weighted by Crippen LogP contribution is -2.36. The van der Waals surface area contributed by atoms with Gasteiger partial charge in [0.15, 0.2) is 0 Å². The third-order valence-corrected chi connectivity index (χ3v) is 2.78. The molecule has 1 aromatic heterocycles. The van der Waals surface area contributed by atoms with E-state index < -0.39 is 6.04 Å². The van der Waals surface area contributed by atoms with E-state index in [1.807, 2.05) is 19.2 Å². The van der Waals surface area contributed by atoms with Gasteiger partial charge in [-0.15, -0.1) is 24.8 Å². The largest absolute Gasteiger partial charge is 0.325 e. The van der Waals surface area contributed by atoms with E-state index >= 15 is 0 Å². The highest BCUT2D eigenvalue weighted by Gasteiger charge is 2.12. The van der Waals surface area contributed by atoms with Crippen LogP contribution in [0.5, 0.6) is 0 Å². The fraction of sp³-hybridized carbons (Fsp3) is 0.455. The molecule has 0 unspecified atom stereocenters. The van der Waals surface area contributed by atoms with Crippen LogP contribution in [0.4, 0.5) is 5.69 Å². The van der Waals surface area contributed by atoms with E-state index in [2.05, 4.69) is 10.3 Å². The fourth-order valence-corrected chi connectivity index (χ4v) is 1.72. The third-order valence-electron chi connectivity index (χ3n) is 2.13. The zero-order chi connectivity index (χ0) is 12.0. The molecule has 0 saturated carbocycles. The maximum atomic E-state index is 11.7. The summed E-state index contributed by atoms with van der Waals surface area (Å²) in [5.74, 6) is 0.754. The number of amides is 1. The normalized spacial score (nSPS) is 10.8. The van der Waals surface area contributed by atoms with Crippen molar-refractivity contribution in [2.75, 3.05) is 17.3 Å². The average Bonchev–Trinajstić information content (AvgIpc) is 2.25.